The highest BCUT2D eigenvalue weighted by Gasteiger charge is 2.32. The predicted molar refractivity (Wildman–Crippen MR) is 146 cm³/mol. The molecule has 3 aromatic rings. The Kier molecular flexibility index (Phi) is 7.35. The fourth-order valence-corrected chi connectivity index (χ4v) is 5.53. The normalized spacial score (nSPS) is 19.0. The molecule has 4 heterocycles. The van der Waals surface area contributed by atoms with E-state index < -0.39 is 0 Å². The number of nitrogens with zero attached hydrogens (tertiary/aromatic N) is 3. The Morgan fingerprint density at radius 1 is 1.25 bits per heavy atom. The molecular weight excluding hydrogens is 496 g/mol. The van der Waals surface area contributed by atoms with Crippen molar-refractivity contribution in [2.45, 2.75) is 25.4 Å². The Balaban J connectivity index is 1.40. The quantitative estimate of drug-likeness (QED) is 0.354. The van der Waals surface area contributed by atoms with Gasteiger partial charge in [0.15, 0.2) is 0 Å². The summed E-state index contributed by atoms with van der Waals surface area (Å²) in [6, 6.07) is 13.1. The van der Waals surface area contributed by atoms with E-state index in [0.717, 1.165) is 30.8 Å². The highest BCUT2D eigenvalue weighted by atomic mass is 32.2. The summed E-state index contributed by atoms with van der Waals surface area (Å²) in [6.45, 7) is 1.73. The first kappa shape index (κ1) is 24.5. The second-order valence-electron chi connectivity index (χ2n) is 8.56. The number of pyridine rings is 1. The summed E-state index contributed by atoms with van der Waals surface area (Å²) in [6.07, 6.45) is 5.99. The number of hydrogen-bond acceptors (Lipinski definition) is 8. The third-order valence-electron chi connectivity index (χ3n) is 6.22. The van der Waals surface area contributed by atoms with Crippen molar-refractivity contribution in [3.63, 3.8) is 0 Å². The van der Waals surface area contributed by atoms with E-state index >= 15 is 0 Å². The van der Waals surface area contributed by atoms with Crippen LogP contribution in [0.25, 0.3) is 11.7 Å². The molecule has 5 rings (SSSR count). The molecule has 2 aromatic heterocycles. The number of thiocarbonyl (C=S) groups is 1. The van der Waals surface area contributed by atoms with E-state index in [4.69, 9.17) is 21.7 Å². The number of fused-ring (bicyclic) bond motifs is 1. The fourth-order valence-electron chi connectivity index (χ4n) is 4.24. The molecule has 0 aliphatic carbocycles. The summed E-state index contributed by atoms with van der Waals surface area (Å²) in [5.74, 6) is 1.01. The number of nitrogens with one attached hydrogen (secondary N) is 1. The van der Waals surface area contributed by atoms with Crippen LogP contribution in [0.4, 0.5) is 5.82 Å². The van der Waals surface area contributed by atoms with Crippen molar-refractivity contribution in [2.24, 2.45) is 0 Å². The van der Waals surface area contributed by atoms with Gasteiger partial charge in [-0.05, 0) is 55.2 Å². The smallest absolute Gasteiger partial charge is 0.267 e. The van der Waals surface area contributed by atoms with E-state index in [1.54, 1.807) is 36.4 Å². The molecule has 2 aliphatic rings. The van der Waals surface area contributed by atoms with Gasteiger partial charge in [0, 0.05) is 25.9 Å². The molecule has 0 bridgehead atoms. The zero-order chi connectivity index (χ0) is 25.1. The number of aromatic nitrogens is 2. The molecule has 36 heavy (non-hydrogen) atoms. The summed E-state index contributed by atoms with van der Waals surface area (Å²) in [5.41, 5.74) is 1.68. The molecule has 2 fully saturated rings. The van der Waals surface area contributed by atoms with Crippen molar-refractivity contribution < 1.29 is 14.3 Å². The minimum Gasteiger partial charge on any atom is -0.497 e. The number of carbonyl (C=O) groups is 1. The number of hydrogen-bond donors (Lipinski definition) is 1. The van der Waals surface area contributed by atoms with Gasteiger partial charge in [0.25, 0.3) is 11.5 Å². The maximum Gasteiger partial charge on any atom is 0.267 e. The van der Waals surface area contributed by atoms with Crippen LogP contribution in [-0.2, 0) is 16.0 Å². The van der Waals surface area contributed by atoms with Crippen LogP contribution >= 0.6 is 24.0 Å². The molecule has 1 amide bonds. The molecule has 10 heteroatoms. The second kappa shape index (κ2) is 10.8. The summed E-state index contributed by atoms with van der Waals surface area (Å²) < 4.78 is 12.9. The van der Waals surface area contributed by atoms with Crippen LogP contribution in [0, 0.1) is 0 Å². The van der Waals surface area contributed by atoms with Gasteiger partial charge >= 0.3 is 0 Å². The zero-order valence-corrected chi connectivity index (χ0v) is 21.4. The minimum atomic E-state index is -0.251. The van der Waals surface area contributed by atoms with Crippen LogP contribution in [0.2, 0.25) is 0 Å². The highest BCUT2D eigenvalue weighted by molar-refractivity contribution is 8.26. The number of thioether (sulfide) groups is 1. The maximum atomic E-state index is 13.4. The van der Waals surface area contributed by atoms with Gasteiger partial charge in [-0.1, -0.05) is 42.2 Å². The summed E-state index contributed by atoms with van der Waals surface area (Å²) in [5, 5.41) is 3.28. The predicted octanol–water partition coefficient (Wildman–Crippen LogP) is 3.74. The minimum absolute atomic E-state index is 0.0741. The van der Waals surface area contributed by atoms with E-state index in [1.807, 2.05) is 30.3 Å². The number of amides is 1. The molecule has 1 unspecified atom stereocenters. The number of carbonyl (C=O) groups excluding carboxylic acids is 1. The van der Waals surface area contributed by atoms with E-state index in [9.17, 15) is 9.59 Å². The highest BCUT2D eigenvalue weighted by Crippen LogP contribution is 2.33. The van der Waals surface area contributed by atoms with E-state index in [-0.39, 0.29) is 17.6 Å². The third-order valence-corrected chi connectivity index (χ3v) is 7.60. The third kappa shape index (κ3) is 5.16. The molecule has 1 aromatic carbocycles. The molecule has 1 N–H and O–H groups in total. The lowest BCUT2D eigenvalue weighted by Crippen LogP contribution is -2.30. The van der Waals surface area contributed by atoms with Crippen LogP contribution < -0.4 is 15.6 Å². The lowest BCUT2D eigenvalue weighted by Gasteiger charge is -2.15. The maximum absolute atomic E-state index is 13.4. The summed E-state index contributed by atoms with van der Waals surface area (Å²) >= 11 is 6.71. The SMILES string of the molecule is COc1ccc(CCN2C(=O)C(=Cc3c(NCC4CCCO4)nc4ccccn4c3=O)SC2=S)cc1. The lowest BCUT2D eigenvalue weighted by atomic mass is 10.1. The van der Waals surface area contributed by atoms with E-state index in [1.165, 1.54) is 16.2 Å². The van der Waals surface area contributed by atoms with Crippen LogP contribution in [0.1, 0.15) is 24.0 Å². The van der Waals surface area contributed by atoms with Crippen LogP contribution in [0.5, 0.6) is 5.75 Å². The van der Waals surface area contributed by atoms with Gasteiger partial charge in [-0.2, -0.15) is 0 Å². The van der Waals surface area contributed by atoms with Gasteiger partial charge in [-0.3, -0.25) is 18.9 Å². The summed E-state index contributed by atoms with van der Waals surface area (Å²) in [7, 11) is 1.63. The fraction of sp³-hybridized carbons (Fsp3) is 0.308. The number of methoxy groups -OCH3 is 1. The first-order chi connectivity index (χ1) is 17.5. The van der Waals surface area contributed by atoms with Gasteiger partial charge in [0.05, 0.1) is 23.7 Å². The zero-order valence-electron chi connectivity index (χ0n) is 19.8. The van der Waals surface area contributed by atoms with Crippen molar-refractivity contribution >= 4 is 51.7 Å². The number of rotatable bonds is 8. The Bertz CT molecular complexity index is 1380. The number of ether oxygens (including phenoxy) is 2. The van der Waals surface area contributed by atoms with Crippen LogP contribution in [0.3, 0.4) is 0 Å². The molecule has 1 atom stereocenters. The molecule has 0 spiro atoms. The Morgan fingerprint density at radius 2 is 2.08 bits per heavy atom. The Labute approximate surface area is 218 Å². The Morgan fingerprint density at radius 3 is 2.83 bits per heavy atom. The second-order valence-corrected chi connectivity index (χ2v) is 10.2. The van der Waals surface area contributed by atoms with Crippen molar-refractivity contribution in [2.75, 3.05) is 32.1 Å². The summed E-state index contributed by atoms with van der Waals surface area (Å²) in [4.78, 5) is 33.3. The molecule has 0 saturated carbocycles. The molecule has 0 radical (unpaired) electrons. The van der Waals surface area contributed by atoms with Crippen LogP contribution in [0.15, 0.2) is 58.4 Å². The standard InChI is InChI=1S/C26H26N4O4S2/c1-33-18-9-7-17(8-10-18)11-13-30-25(32)21(36-26(30)35)15-20-23(27-16-19-5-4-14-34-19)28-22-6-2-3-12-29(22)24(20)31/h2-3,6-10,12,15,19,27H,4-5,11,13-14,16H2,1H3. The molecule has 186 valence electrons. The van der Waals surface area contributed by atoms with Gasteiger partial charge < -0.3 is 14.8 Å². The largest absolute Gasteiger partial charge is 0.497 e. The monoisotopic (exact) mass is 522 g/mol. The van der Waals surface area contributed by atoms with Gasteiger partial charge in [-0.25, -0.2) is 4.98 Å². The van der Waals surface area contributed by atoms with Gasteiger partial charge in [-0.15, -0.1) is 0 Å². The van der Waals surface area contributed by atoms with Crippen molar-refractivity contribution in [1.29, 1.82) is 0 Å². The first-order valence-corrected chi connectivity index (χ1v) is 13.0. The van der Waals surface area contributed by atoms with Crippen molar-refractivity contribution in [1.82, 2.24) is 14.3 Å². The Hall–Kier alpha value is -3.21. The molecular formula is C26H26N4O4S2. The van der Waals surface area contributed by atoms with Crippen LogP contribution in [-0.4, -0.2) is 57.4 Å². The van der Waals surface area contributed by atoms with Gasteiger partial charge in [0.1, 0.15) is 21.5 Å². The molecule has 2 saturated heterocycles. The average Bonchev–Trinajstić information content (AvgIpc) is 3.51. The van der Waals surface area contributed by atoms with E-state index in [0.29, 0.717) is 45.8 Å². The van der Waals surface area contributed by atoms with Crippen molar-refractivity contribution in [3.8, 4) is 5.75 Å². The molecule has 2 aliphatic heterocycles. The number of benzene rings is 1. The van der Waals surface area contributed by atoms with E-state index in [2.05, 4.69) is 10.3 Å². The topological polar surface area (TPSA) is 85.2 Å². The number of anilines is 1. The average molecular weight is 523 g/mol. The first-order valence-electron chi connectivity index (χ1n) is 11.8. The lowest BCUT2D eigenvalue weighted by molar-refractivity contribution is -0.122. The van der Waals surface area contributed by atoms with Crippen molar-refractivity contribution in [3.05, 3.63) is 75.0 Å². The van der Waals surface area contributed by atoms with Gasteiger partial charge in [0.2, 0.25) is 0 Å². The molecule has 8 nitrogen and oxygen atoms in total.